The molecule has 0 atom stereocenters. The van der Waals surface area contributed by atoms with Crippen LogP contribution in [0.2, 0.25) is 0 Å². The summed E-state index contributed by atoms with van der Waals surface area (Å²) in [4.78, 5) is 14.2. The Morgan fingerprint density at radius 3 is 2.17 bits per heavy atom. The summed E-state index contributed by atoms with van der Waals surface area (Å²) >= 11 is 0. The largest absolute Gasteiger partial charge is 0.269 e. The summed E-state index contributed by atoms with van der Waals surface area (Å²) in [5.41, 5.74) is 1.41. The lowest BCUT2D eigenvalue weighted by Crippen LogP contribution is -2.11. The van der Waals surface area contributed by atoms with Crippen LogP contribution in [0.4, 0.5) is 11.4 Å². The maximum Gasteiger partial charge on any atom is 0.269 e. The van der Waals surface area contributed by atoms with Crippen molar-refractivity contribution in [2.75, 3.05) is 0 Å². The van der Waals surface area contributed by atoms with Crippen LogP contribution in [0.1, 0.15) is 5.56 Å². The molecule has 2 N–H and O–H groups in total. The van der Waals surface area contributed by atoms with E-state index in [-0.39, 0.29) is 10.6 Å². The van der Waals surface area contributed by atoms with E-state index in [9.17, 15) is 18.5 Å². The van der Waals surface area contributed by atoms with E-state index in [1.54, 1.807) is 24.3 Å². The Hall–Kier alpha value is -2.84. The van der Waals surface area contributed by atoms with E-state index in [1.165, 1.54) is 42.6 Å². The number of hydrogen-bond acceptors (Lipinski definition) is 5. The molecule has 0 fully saturated rings. The van der Waals surface area contributed by atoms with Crippen molar-refractivity contribution in [3.63, 3.8) is 0 Å². The van der Waals surface area contributed by atoms with Crippen molar-refractivity contribution in [2.24, 2.45) is 10.1 Å². The molecule has 2 aromatic carbocycles. The maximum atomic E-state index is 11.1. The van der Waals surface area contributed by atoms with E-state index in [0.717, 1.165) is 5.56 Å². The molecule has 0 unspecified atom stereocenters. The van der Waals surface area contributed by atoms with E-state index >= 15 is 0 Å². The second-order valence-electron chi connectivity index (χ2n) is 4.52. The number of benzene rings is 2. The van der Waals surface area contributed by atoms with Gasteiger partial charge in [0.25, 0.3) is 5.69 Å². The van der Waals surface area contributed by atoms with Crippen LogP contribution in [0.5, 0.6) is 0 Å². The summed E-state index contributed by atoms with van der Waals surface area (Å²) < 4.78 is 22.2. The maximum absolute atomic E-state index is 11.1. The number of nitrogens with two attached hydrogens (primary N) is 1. The monoisotopic (exact) mass is 331 g/mol. The minimum atomic E-state index is -3.70. The van der Waals surface area contributed by atoms with Gasteiger partial charge in [-0.3, -0.25) is 15.1 Å². The van der Waals surface area contributed by atoms with Crippen LogP contribution >= 0.6 is 0 Å². The van der Waals surface area contributed by atoms with E-state index in [0.29, 0.717) is 5.69 Å². The number of aliphatic imine (C=N–C) groups is 1. The van der Waals surface area contributed by atoms with Crippen molar-refractivity contribution < 1.29 is 13.3 Å². The Bertz CT molecular complexity index is 855. The van der Waals surface area contributed by atoms with Gasteiger partial charge >= 0.3 is 0 Å². The molecule has 0 radical (unpaired) electrons. The van der Waals surface area contributed by atoms with Crippen molar-refractivity contribution in [1.82, 2.24) is 0 Å². The summed E-state index contributed by atoms with van der Waals surface area (Å²) in [5, 5.41) is 15.5. The summed E-state index contributed by atoms with van der Waals surface area (Å²) in [7, 11) is -3.70. The van der Waals surface area contributed by atoms with Gasteiger partial charge in [0.1, 0.15) is 0 Å². The number of hydrogen-bond donors (Lipinski definition) is 1. The van der Waals surface area contributed by atoms with Crippen molar-refractivity contribution >= 4 is 33.7 Å². The van der Waals surface area contributed by atoms with Gasteiger partial charge in [-0.15, -0.1) is 0 Å². The van der Waals surface area contributed by atoms with Crippen LogP contribution in [0.25, 0.3) is 6.08 Å². The SMILES string of the molecule is NS(=O)(=O)c1ccc(N=CC=Cc2ccc([N+](=O)[O-])cc2)cc1. The third-order valence-corrected chi connectivity index (χ3v) is 3.80. The smallest absolute Gasteiger partial charge is 0.258 e. The lowest BCUT2D eigenvalue weighted by Gasteiger charge is -1.97. The number of allylic oxidation sites excluding steroid dienone is 1. The molecule has 2 aromatic rings. The number of sulfonamides is 1. The molecule has 0 aliphatic heterocycles. The minimum Gasteiger partial charge on any atom is -0.258 e. The Morgan fingerprint density at radius 2 is 1.65 bits per heavy atom. The number of primary sulfonamides is 1. The lowest BCUT2D eigenvalue weighted by molar-refractivity contribution is -0.384. The van der Waals surface area contributed by atoms with Crippen LogP contribution < -0.4 is 5.14 Å². The Balaban J connectivity index is 2.02. The Kier molecular flexibility index (Phi) is 4.99. The van der Waals surface area contributed by atoms with Crippen molar-refractivity contribution in [1.29, 1.82) is 0 Å². The fourth-order valence-corrected chi connectivity index (χ4v) is 2.23. The van der Waals surface area contributed by atoms with Crippen LogP contribution in [-0.2, 0) is 10.0 Å². The third kappa shape index (κ3) is 4.83. The quantitative estimate of drug-likeness (QED) is 0.515. The zero-order valence-electron chi connectivity index (χ0n) is 11.9. The van der Waals surface area contributed by atoms with Gasteiger partial charge < -0.3 is 0 Å². The van der Waals surface area contributed by atoms with Gasteiger partial charge in [-0.05, 0) is 48.0 Å². The first-order valence-corrected chi connectivity index (χ1v) is 7.99. The van der Waals surface area contributed by atoms with Crippen molar-refractivity contribution in [3.8, 4) is 0 Å². The first-order valence-electron chi connectivity index (χ1n) is 6.44. The topological polar surface area (TPSA) is 116 Å². The number of nitro groups is 1. The zero-order valence-corrected chi connectivity index (χ0v) is 12.7. The molecule has 0 saturated carbocycles. The summed E-state index contributed by atoms with van der Waals surface area (Å²) in [6.45, 7) is 0. The average Bonchev–Trinajstić information content (AvgIpc) is 2.51. The van der Waals surface area contributed by atoms with Crippen molar-refractivity contribution in [2.45, 2.75) is 4.90 Å². The normalized spacial score (nSPS) is 12.0. The molecular formula is C15H13N3O4S. The van der Waals surface area contributed by atoms with Gasteiger partial charge in [0.15, 0.2) is 0 Å². The van der Waals surface area contributed by atoms with Gasteiger partial charge in [0, 0.05) is 18.3 Å². The molecule has 23 heavy (non-hydrogen) atoms. The zero-order chi connectivity index (χ0) is 16.9. The second kappa shape index (κ2) is 6.95. The van der Waals surface area contributed by atoms with E-state index < -0.39 is 14.9 Å². The van der Waals surface area contributed by atoms with Gasteiger partial charge in [-0.2, -0.15) is 0 Å². The van der Waals surface area contributed by atoms with E-state index in [4.69, 9.17) is 5.14 Å². The predicted molar refractivity (Wildman–Crippen MR) is 88.1 cm³/mol. The fraction of sp³-hybridized carbons (Fsp3) is 0. The third-order valence-electron chi connectivity index (χ3n) is 2.87. The highest BCUT2D eigenvalue weighted by Crippen LogP contribution is 2.15. The molecule has 0 aliphatic rings. The van der Waals surface area contributed by atoms with E-state index in [2.05, 4.69) is 4.99 Å². The fourth-order valence-electron chi connectivity index (χ4n) is 1.71. The minimum absolute atomic E-state index is 0.0258. The molecule has 8 heteroatoms. The first-order chi connectivity index (χ1) is 10.9. The highest BCUT2D eigenvalue weighted by atomic mass is 32.2. The van der Waals surface area contributed by atoms with Crippen molar-refractivity contribution in [3.05, 3.63) is 70.3 Å². The molecule has 0 saturated heterocycles. The van der Waals surface area contributed by atoms with Gasteiger partial charge in [0.05, 0.1) is 15.5 Å². The molecule has 0 bridgehead atoms. The molecule has 118 valence electrons. The molecule has 2 rings (SSSR count). The van der Waals surface area contributed by atoms with Crippen LogP contribution in [0, 0.1) is 10.1 Å². The van der Waals surface area contributed by atoms with Gasteiger partial charge in [0.2, 0.25) is 10.0 Å². The second-order valence-corrected chi connectivity index (χ2v) is 6.09. The summed E-state index contributed by atoms with van der Waals surface area (Å²) in [6, 6.07) is 11.9. The number of non-ortho nitro benzene ring substituents is 1. The van der Waals surface area contributed by atoms with Crippen LogP contribution in [-0.4, -0.2) is 19.6 Å². The average molecular weight is 331 g/mol. The summed E-state index contributed by atoms with van der Waals surface area (Å²) in [6.07, 6.45) is 4.95. The first kappa shape index (κ1) is 16.5. The Labute approximate surface area is 133 Å². The van der Waals surface area contributed by atoms with E-state index in [1.807, 2.05) is 0 Å². The molecular weight excluding hydrogens is 318 g/mol. The van der Waals surface area contributed by atoms with Gasteiger partial charge in [-0.1, -0.05) is 6.08 Å². The Morgan fingerprint density at radius 1 is 1.04 bits per heavy atom. The predicted octanol–water partition coefficient (Wildman–Crippen LogP) is 2.66. The number of nitrogens with zero attached hydrogens (tertiary/aromatic N) is 2. The molecule has 0 amide bonds. The van der Waals surface area contributed by atoms with Crippen LogP contribution in [0.15, 0.2) is 64.5 Å². The molecule has 0 aromatic heterocycles. The molecule has 7 nitrogen and oxygen atoms in total. The van der Waals surface area contributed by atoms with Crippen LogP contribution in [0.3, 0.4) is 0 Å². The molecule has 0 heterocycles. The standard InChI is InChI=1S/C15H13N3O4S/c16-23(21,22)15-9-5-13(6-10-15)17-11-1-2-12-3-7-14(8-4-12)18(19)20/h1-11H,(H2,16,21,22). The number of nitro benzene ring substituents is 1. The molecule has 0 spiro atoms. The highest BCUT2D eigenvalue weighted by molar-refractivity contribution is 7.89. The highest BCUT2D eigenvalue weighted by Gasteiger charge is 2.05. The summed E-state index contributed by atoms with van der Waals surface area (Å²) in [5.74, 6) is 0. The molecule has 0 aliphatic carbocycles. The number of rotatable bonds is 5. The lowest BCUT2D eigenvalue weighted by atomic mass is 10.2. The van der Waals surface area contributed by atoms with Gasteiger partial charge in [-0.25, -0.2) is 13.6 Å².